The van der Waals surface area contributed by atoms with Crippen LogP contribution in [-0.2, 0) is 4.79 Å². The van der Waals surface area contributed by atoms with E-state index in [1.54, 1.807) is 32.0 Å². The summed E-state index contributed by atoms with van der Waals surface area (Å²) in [7, 11) is 0. The summed E-state index contributed by atoms with van der Waals surface area (Å²) in [5.41, 5.74) is 1.40. The van der Waals surface area contributed by atoms with E-state index < -0.39 is 18.0 Å². The molecule has 98 valence electrons. The van der Waals surface area contributed by atoms with Gasteiger partial charge in [-0.05, 0) is 37.1 Å². The number of urea groups is 1. The van der Waals surface area contributed by atoms with Gasteiger partial charge in [-0.2, -0.15) is 0 Å². The van der Waals surface area contributed by atoms with Crippen LogP contribution in [0.25, 0.3) is 0 Å². The number of hydrogen-bond donors (Lipinski definition) is 3. The van der Waals surface area contributed by atoms with Gasteiger partial charge in [0.05, 0.1) is 0 Å². The molecule has 0 unspecified atom stereocenters. The number of nitrogens with one attached hydrogen (secondary N) is 2. The van der Waals surface area contributed by atoms with Crippen LogP contribution in [0.4, 0.5) is 10.5 Å². The molecule has 0 aliphatic rings. The highest BCUT2D eigenvalue weighted by Gasteiger charge is 2.17. The minimum absolute atomic E-state index is 0.322. The molecule has 0 saturated carbocycles. The maximum Gasteiger partial charge on any atom is 0.326 e. The molecule has 0 radical (unpaired) electrons. The Bertz CT molecular complexity index is 463. The molecule has 6 heteroatoms. The number of aryl methyl sites for hydroxylation is 1. The first-order valence-corrected chi connectivity index (χ1v) is 5.88. The largest absolute Gasteiger partial charge is 0.480 e. The molecule has 0 fully saturated rings. The van der Waals surface area contributed by atoms with Gasteiger partial charge >= 0.3 is 12.0 Å². The van der Waals surface area contributed by atoms with E-state index in [0.717, 1.165) is 5.56 Å². The van der Waals surface area contributed by atoms with Gasteiger partial charge in [0, 0.05) is 10.7 Å². The predicted octanol–water partition coefficient (Wildman–Crippen LogP) is 2.63. The molecule has 0 saturated heterocycles. The molecule has 1 atom stereocenters. The highest BCUT2D eigenvalue weighted by Crippen LogP contribution is 2.19. The second kappa shape index (κ2) is 6.26. The van der Waals surface area contributed by atoms with Gasteiger partial charge in [0.1, 0.15) is 6.04 Å². The smallest absolute Gasteiger partial charge is 0.326 e. The van der Waals surface area contributed by atoms with Gasteiger partial charge in [-0.1, -0.05) is 18.5 Å². The lowest BCUT2D eigenvalue weighted by atomic mass is 10.2. The molecular weight excluding hydrogens is 256 g/mol. The Morgan fingerprint density at radius 2 is 2.11 bits per heavy atom. The zero-order valence-corrected chi connectivity index (χ0v) is 10.9. The SMILES string of the molecule is CC[C@H](NC(=O)Nc1ccc(Cl)cc1C)C(=O)O. The van der Waals surface area contributed by atoms with Crippen LogP contribution < -0.4 is 10.6 Å². The number of rotatable bonds is 4. The van der Waals surface area contributed by atoms with Crippen molar-refractivity contribution in [1.29, 1.82) is 0 Å². The van der Waals surface area contributed by atoms with Gasteiger partial charge < -0.3 is 15.7 Å². The zero-order chi connectivity index (χ0) is 13.7. The standard InChI is InChI=1S/C12H15ClN2O3/c1-3-9(11(16)17)14-12(18)15-10-5-4-8(13)6-7(10)2/h4-6,9H,3H2,1-2H3,(H,16,17)(H2,14,15,18)/t9-/m0/s1. The lowest BCUT2D eigenvalue weighted by Gasteiger charge is -2.14. The van der Waals surface area contributed by atoms with Gasteiger partial charge in [0.25, 0.3) is 0 Å². The van der Waals surface area contributed by atoms with Crippen LogP contribution in [0, 0.1) is 6.92 Å². The van der Waals surface area contributed by atoms with Crippen molar-refractivity contribution in [2.24, 2.45) is 0 Å². The summed E-state index contributed by atoms with van der Waals surface area (Å²) in [5.74, 6) is -1.06. The van der Waals surface area contributed by atoms with Gasteiger partial charge in [-0.15, -0.1) is 0 Å². The highest BCUT2D eigenvalue weighted by molar-refractivity contribution is 6.30. The summed E-state index contributed by atoms with van der Waals surface area (Å²) < 4.78 is 0. The maximum atomic E-state index is 11.6. The van der Waals surface area contributed by atoms with Crippen LogP contribution in [0.3, 0.4) is 0 Å². The number of benzene rings is 1. The maximum absolute atomic E-state index is 11.6. The van der Waals surface area contributed by atoms with Crippen LogP contribution in [0.15, 0.2) is 18.2 Å². The minimum atomic E-state index is -1.06. The first kappa shape index (κ1) is 14.3. The summed E-state index contributed by atoms with van der Waals surface area (Å²) in [5, 5.41) is 14.4. The second-order valence-corrected chi connectivity index (χ2v) is 4.29. The number of hydrogen-bond acceptors (Lipinski definition) is 2. The van der Waals surface area contributed by atoms with E-state index in [0.29, 0.717) is 17.1 Å². The lowest BCUT2D eigenvalue weighted by molar-refractivity contribution is -0.139. The highest BCUT2D eigenvalue weighted by atomic mass is 35.5. The van der Waals surface area contributed by atoms with E-state index in [1.165, 1.54) is 0 Å². The van der Waals surface area contributed by atoms with Crippen LogP contribution >= 0.6 is 11.6 Å². The van der Waals surface area contributed by atoms with E-state index in [4.69, 9.17) is 16.7 Å². The summed E-state index contributed by atoms with van der Waals surface area (Å²) in [6.07, 6.45) is 0.322. The third-order valence-corrected chi connectivity index (χ3v) is 2.68. The topological polar surface area (TPSA) is 78.4 Å². The van der Waals surface area contributed by atoms with Gasteiger partial charge in [0.15, 0.2) is 0 Å². The van der Waals surface area contributed by atoms with Gasteiger partial charge in [0.2, 0.25) is 0 Å². The fraction of sp³-hybridized carbons (Fsp3) is 0.333. The molecule has 1 aromatic carbocycles. The summed E-state index contributed by atoms with van der Waals surface area (Å²) in [6.45, 7) is 3.49. The van der Waals surface area contributed by atoms with Crippen molar-refractivity contribution in [1.82, 2.24) is 5.32 Å². The van der Waals surface area contributed by atoms with Crippen molar-refractivity contribution in [2.45, 2.75) is 26.3 Å². The van der Waals surface area contributed by atoms with Gasteiger partial charge in [-0.3, -0.25) is 0 Å². The number of carbonyl (C=O) groups excluding carboxylic acids is 1. The first-order chi connectivity index (χ1) is 8.43. The van der Waals surface area contributed by atoms with E-state index in [9.17, 15) is 9.59 Å². The Hall–Kier alpha value is -1.75. The molecule has 2 amide bonds. The summed E-state index contributed by atoms with van der Waals surface area (Å²) in [6, 6.07) is 3.59. The third-order valence-electron chi connectivity index (χ3n) is 2.45. The van der Waals surface area contributed by atoms with Crippen molar-refractivity contribution < 1.29 is 14.7 Å². The van der Waals surface area contributed by atoms with Crippen molar-refractivity contribution in [2.75, 3.05) is 5.32 Å². The van der Waals surface area contributed by atoms with Crippen molar-refractivity contribution in [3.8, 4) is 0 Å². The summed E-state index contributed by atoms with van der Waals surface area (Å²) in [4.78, 5) is 22.4. The van der Waals surface area contributed by atoms with Crippen molar-refractivity contribution >= 4 is 29.3 Å². The normalized spacial score (nSPS) is 11.7. The van der Waals surface area contributed by atoms with Crippen LogP contribution in [0.5, 0.6) is 0 Å². The monoisotopic (exact) mass is 270 g/mol. The molecule has 5 nitrogen and oxygen atoms in total. The molecule has 1 aromatic rings. The first-order valence-electron chi connectivity index (χ1n) is 5.50. The number of halogens is 1. The molecule has 18 heavy (non-hydrogen) atoms. The Kier molecular flexibility index (Phi) is 4.97. The Balaban J connectivity index is 2.67. The molecule has 0 heterocycles. The minimum Gasteiger partial charge on any atom is -0.480 e. The van der Waals surface area contributed by atoms with Crippen LogP contribution in [0.1, 0.15) is 18.9 Å². The molecular formula is C12H15ClN2O3. The second-order valence-electron chi connectivity index (χ2n) is 3.86. The number of carbonyl (C=O) groups is 2. The molecule has 0 spiro atoms. The fourth-order valence-electron chi connectivity index (χ4n) is 1.42. The van der Waals surface area contributed by atoms with E-state index in [2.05, 4.69) is 10.6 Å². The number of carboxylic acids is 1. The van der Waals surface area contributed by atoms with Crippen LogP contribution in [-0.4, -0.2) is 23.1 Å². The average molecular weight is 271 g/mol. The lowest BCUT2D eigenvalue weighted by Crippen LogP contribution is -2.42. The van der Waals surface area contributed by atoms with E-state index >= 15 is 0 Å². The molecule has 0 aromatic heterocycles. The van der Waals surface area contributed by atoms with Crippen molar-refractivity contribution in [3.63, 3.8) is 0 Å². The number of aliphatic carboxylic acids is 1. The molecule has 0 bridgehead atoms. The molecule has 0 aliphatic carbocycles. The van der Waals surface area contributed by atoms with Crippen LogP contribution in [0.2, 0.25) is 5.02 Å². The average Bonchev–Trinajstić information content (AvgIpc) is 2.29. The molecule has 0 aliphatic heterocycles. The van der Waals surface area contributed by atoms with Gasteiger partial charge in [-0.25, -0.2) is 9.59 Å². The van der Waals surface area contributed by atoms with E-state index in [-0.39, 0.29) is 0 Å². The number of anilines is 1. The predicted molar refractivity (Wildman–Crippen MR) is 70.1 cm³/mol. The summed E-state index contributed by atoms with van der Waals surface area (Å²) >= 11 is 5.80. The quantitative estimate of drug-likeness (QED) is 0.787. The Labute approximate surface area is 110 Å². The molecule has 1 rings (SSSR count). The Morgan fingerprint density at radius 3 is 2.61 bits per heavy atom. The molecule has 3 N–H and O–H groups in total. The third kappa shape index (κ3) is 3.92. The Morgan fingerprint density at radius 1 is 1.44 bits per heavy atom. The fourth-order valence-corrected chi connectivity index (χ4v) is 1.65. The number of amides is 2. The van der Waals surface area contributed by atoms with E-state index in [1.807, 2.05) is 0 Å². The van der Waals surface area contributed by atoms with Crippen molar-refractivity contribution in [3.05, 3.63) is 28.8 Å². The zero-order valence-electron chi connectivity index (χ0n) is 10.2. The number of carboxylic acid groups (broad SMARTS) is 1.